The van der Waals surface area contributed by atoms with Gasteiger partial charge in [-0.3, -0.25) is 0 Å². The van der Waals surface area contributed by atoms with Crippen LogP contribution in [0.1, 0.15) is 80.6 Å². The second kappa shape index (κ2) is 11.8. The van der Waals surface area contributed by atoms with Crippen LogP contribution in [0.2, 0.25) is 0 Å². The maximum absolute atomic E-state index is 11.8. The summed E-state index contributed by atoms with van der Waals surface area (Å²) in [7, 11) is 0. The average molecular weight is 485 g/mol. The normalized spacial score (nSPS) is 17.5. The van der Waals surface area contributed by atoms with Crippen molar-refractivity contribution in [1.29, 1.82) is 0 Å². The molecule has 2 saturated carbocycles. The van der Waals surface area contributed by atoms with E-state index in [-0.39, 0.29) is 25.2 Å². The lowest BCUT2D eigenvalue weighted by molar-refractivity contribution is 0.0503. The second-order valence-electron chi connectivity index (χ2n) is 10.4. The number of carbonyl (C=O) groups is 1. The minimum atomic E-state index is -0.524. The van der Waals surface area contributed by atoms with E-state index < -0.39 is 11.7 Å². The van der Waals surface area contributed by atoms with Gasteiger partial charge in [-0.2, -0.15) is 9.78 Å². The summed E-state index contributed by atoms with van der Waals surface area (Å²) in [6.45, 7) is 11.4. The third kappa shape index (κ3) is 8.91. The van der Waals surface area contributed by atoms with E-state index in [0.717, 1.165) is 12.5 Å². The maximum atomic E-state index is 11.8. The van der Waals surface area contributed by atoms with Gasteiger partial charge in [0.1, 0.15) is 5.60 Å². The van der Waals surface area contributed by atoms with Crippen LogP contribution in [0.25, 0.3) is 0 Å². The third-order valence-electron chi connectivity index (χ3n) is 5.89. The van der Waals surface area contributed by atoms with Gasteiger partial charge in [0, 0.05) is 29.2 Å². The lowest BCUT2D eigenvalue weighted by Crippen LogP contribution is -2.32. The first-order valence-electron chi connectivity index (χ1n) is 11.1. The van der Waals surface area contributed by atoms with Crippen molar-refractivity contribution in [2.75, 3.05) is 13.2 Å². The van der Waals surface area contributed by atoms with Crippen LogP contribution in [0.3, 0.4) is 0 Å². The molecule has 188 valence electrons. The highest BCUT2D eigenvalue weighted by atomic mass is 35.5. The molecule has 2 aromatic rings. The van der Waals surface area contributed by atoms with E-state index in [9.17, 15) is 4.79 Å². The van der Waals surface area contributed by atoms with Crippen molar-refractivity contribution >= 4 is 18.5 Å². The van der Waals surface area contributed by atoms with E-state index >= 15 is 0 Å². The number of H-pyrrole nitrogens is 1. The van der Waals surface area contributed by atoms with E-state index in [2.05, 4.69) is 29.1 Å². The third-order valence-corrected chi connectivity index (χ3v) is 5.89. The Bertz CT molecular complexity index is 837. The summed E-state index contributed by atoms with van der Waals surface area (Å²) in [5.74, 6) is 1.25. The molecule has 2 aliphatic carbocycles. The number of aromatic amines is 1. The van der Waals surface area contributed by atoms with Gasteiger partial charge in [0.25, 0.3) is 0 Å². The highest BCUT2D eigenvalue weighted by Gasteiger charge is 2.33. The number of halogens is 1. The molecule has 0 radical (unpaired) electrons. The van der Waals surface area contributed by atoms with Crippen molar-refractivity contribution in [2.45, 2.75) is 86.2 Å². The Morgan fingerprint density at radius 1 is 1.06 bits per heavy atom. The van der Waals surface area contributed by atoms with Gasteiger partial charge in [-0.15, -0.1) is 17.5 Å². The molecule has 0 atom stereocenters. The highest BCUT2D eigenvalue weighted by molar-refractivity contribution is 5.85. The summed E-state index contributed by atoms with van der Waals surface area (Å²) in [6.07, 6.45) is 10.4. The summed E-state index contributed by atoms with van der Waals surface area (Å²) in [5.41, 5.74) is 0.171. The Morgan fingerprint density at radius 2 is 1.64 bits per heavy atom. The molecule has 2 aromatic heterocycles. The van der Waals surface area contributed by atoms with E-state index in [1.807, 2.05) is 26.8 Å². The Hall–Kier alpha value is -2.22. The molecule has 0 spiro atoms. The number of nitrogens with one attached hydrogen (secondary N) is 1. The first-order valence-corrected chi connectivity index (χ1v) is 11.1. The molecular weight excluding hydrogens is 444 g/mol. The number of aromatic nitrogens is 4. The van der Waals surface area contributed by atoms with Crippen molar-refractivity contribution in [3.8, 4) is 11.8 Å². The smallest absolute Gasteiger partial charge is 0.435 e. The van der Waals surface area contributed by atoms with E-state index in [4.69, 9.17) is 14.2 Å². The predicted molar refractivity (Wildman–Crippen MR) is 131 cm³/mol. The lowest BCUT2D eigenvalue weighted by Gasteiger charge is -2.37. The largest absolute Gasteiger partial charge is 0.477 e. The first kappa shape index (κ1) is 28.8. The monoisotopic (exact) mass is 484 g/mol. The van der Waals surface area contributed by atoms with Gasteiger partial charge in [0.05, 0.1) is 19.4 Å². The Morgan fingerprint density at radius 3 is 2.09 bits per heavy atom. The molecule has 4 rings (SSSR count). The van der Waals surface area contributed by atoms with Gasteiger partial charge in [0.2, 0.25) is 11.8 Å². The Labute approximate surface area is 204 Å². The molecule has 8 nitrogen and oxygen atoms in total. The van der Waals surface area contributed by atoms with Crippen molar-refractivity contribution < 1.29 is 19.0 Å². The van der Waals surface area contributed by atoms with Gasteiger partial charge >= 0.3 is 6.09 Å². The predicted octanol–water partition coefficient (Wildman–Crippen LogP) is 6.27. The van der Waals surface area contributed by atoms with Gasteiger partial charge in [-0.05, 0) is 46.5 Å². The summed E-state index contributed by atoms with van der Waals surface area (Å²) >= 11 is 0. The fourth-order valence-electron chi connectivity index (χ4n) is 3.47. The number of ether oxygens (including phenoxy) is 3. The molecule has 2 aliphatic rings. The average Bonchev–Trinajstić information content (AvgIpc) is 3.32. The summed E-state index contributed by atoms with van der Waals surface area (Å²) in [4.78, 5) is 11.8. The molecule has 0 unspecified atom stereocenters. The van der Waals surface area contributed by atoms with E-state index in [0.29, 0.717) is 17.9 Å². The van der Waals surface area contributed by atoms with Crippen LogP contribution in [0.4, 0.5) is 4.79 Å². The van der Waals surface area contributed by atoms with Crippen LogP contribution in [0.15, 0.2) is 24.5 Å². The van der Waals surface area contributed by atoms with Gasteiger partial charge in [-0.25, -0.2) is 9.89 Å². The highest BCUT2D eigenvalue weighted by Crippen LogP contribution is 2.41. The van der Waals surface area contributed by atoms with E-state index in [1.54, 1.807) is 18.5 Å². The Balaban J connectivity index is 0.000000338. The zero-order valence-electron chi connectivity index (χ0n) is 19.8. The number of nitrogens with zero attached hydrogens (tertiary/aromatic N) is 3. The van der Waals surface area contributed by atoms with Crippen LogP contribution < -0.4 is 9.47 Å². The van der Waals surface area contributed by atoms with Crippen molar-refractivity contribution in [3.63, 3.8) is 0 Å². The lowest BCUT2D eigenvalue weighted by atomic mass is 9.71. The number of hydrogen-bond acceptors (Lipinski definition) is 6. The quantitative estimate of drug-likeness (QED) is 0.519. The summed E-state index contributed by atoms with van der Waals surface area (Å²) < 4.78 is 17.6. The molecule has 0 aromatic carbocycles. The first-order chi connectivity index (χ1) is 14.6. The molecule has 2 fully saturated rings. The standard InChI is InChI=1S/C14H22N2O3.C9H14N2O.CH4.ClH/c1-13(2,3)19-12(17)16-9-6-11(15-16)18-10-14(4)7-5-8-14;1-9(4-2-5-9)7-12-8-3-6-10-11-8;;/h6,9H,5,7-8,10H2,1-4H3;3,6H,2,4-5,7H2,1H3,(H,10,11);1H4;1H. The van der Waals surface area contributed by atoms with E-state index in [1.165, 1.54) is 43.2 Å². The number of hydrogen-bond donors (Lipinski definition) is 1. The molecule has 0 aliphatic heterocycles. The molecule has 1 N–H and O–H groups in total. The molecule has 0 amide bonds. The molecular formula is C24H41ClN4O4. The van der Waals surface area contributed by atoms with Crippen molar-refractivity contribution in [1.82, 2.24) is 20.0 Å². The van der Waals surface area contributed by atoms with Crippen LogP contribution in [-0.2, 0) is 4.74 Å². The summed E-state index contributed by atoms with van der Waals surface area (Å²) in [5, 5.41) is 10.7. The van der Waals surface area contributed by atoms with Gasteiger partial charge < -0.3 is 14.2 Å². The number of carbonyl (C=O) groups excluding carboxylic acids is 1. The molecule has 0 saturated heterocycles. The van der Waals surface area contributed by atoms with Crippen LogP contribution >= 0.6 is 12.4 Å². The zero-order chi connectivity index (χ0) is 22.5. The second-order valence-corrected chi connectivity index (χ2v) is 10.4. The molecule has 0 bridgehead atoms. The minimum Gasteiger partial charge on any atom is -0.477 e. The van der Waals surface area contributed by atoms with Crippen LogP contribution in [0, 0.1) is 10.8 Å². The molecule has 33 heavy (non-hydrogen) atoms. The molecule has 2 heterocycles. The van der Waals surface area contributed by atoms with Gasteiger partial charge in [-0.1, -0.05) is 34.1 Å². The number of rotatable bonds is 6. The zero-order valence-corrected chi connectivity index (χ0v) is 20.7. The van der Waals surface area contributed by atoms with Crippen LogP contribution in [0.5, 0.6) is 11.8 Å². The maximum Gasteiger partial charge on any atom is 0.435 e. The topological polar surface area (TPSA) is 91.3 Å². The van der Waals surface area contributed by atoms with Crippen molar-refractivity contribution in [2.24, 2.45) is 10.8 Å². The fraction of sp³-hybridized carbons (Fsp3) is 0.708. The van der Waals surface area contributed by atoms with Crippen LogP contribution in [-0.4, -0.2) is 44.9 Å². The minimum absolute atomic E-state index is 0. The SMILES string of the molecule is C.CC1(COc2ccn(C(=O)OC(C)(C)C)n2)CCC1.CC1(COc2ccn[nH]2)CCC1.Cl. The Kier molecular flexibility index (Phi) is 10.3. The molecule has 9 heteroatoms. The van der Waals surface area contributed by atoms with Crippen molar-refractivity contribution in [3.05, 3.63) is 24.5 Å². The van der Waals surface area contributed by atoms with Gasteiger partial charge in [0.15, 0.2) is 0 Å². The fourth-order valence-corrected chi connectivity index (χ4v) is 3.47. The summed E-state index contributed by atoms with van der Waals surface area (Å²) in [6, 6.07) is 3.54.